The third-order valence-corrected chi connectivity index (χ3v) is 3.21. The maximum atomic E-state index is 11.8. The molecule has 20 heavy (non-hydrogen) atoms. The quantitative estimate of drug-likeness (QED) is 0.539. The van der Waals surface area contributed by atoms with Gasteiger partial charge in [-0.05, 0) is 31.9 Å². The number of hydrogen-bond donors (Lipinski definition) is 0. The first-order chi connectivity index (χ1) is 9.55. The van der Waals surface area contributed by atoms with Crippen molar-refractivity contribution in [3.63, 3.8) is 0 Å². The van der Waals surface area contributed by atoms with E-state index >= 15 is 0 Å². The lowest BCUT2D eigenvalue weighted by atomic mass is 10.0. The van der Waals surface area contributed by atoms with Crippen LogP contribution in [0.3, 0.4) is 0 Å². The minimum Gasteiger partial charge on any atom is -0.493 e. The largest absolute Gasteiger partial charge is 0.493 e. The Kier molecular flexibility index (Phi) is 6.36. The molecule has 0 aromatic heterocycles. The van der Waals surface area contributed by atoms with Crippen LogP contribution in [0.25, 0.3) is 0 Å². The summed E-state index contributed by atoms with van der Waals surface area (Å²) in [5.41, 5.74) is -0.975. The van der Waals surface area contributed by atoms with Crippen LogP contribution in [0, 0.1) is 0 Å². The Balaban J connectivity index is 2.76. The summed E-state index contributed by atoms with van der Waals surface area (Å²) in [6.45, 7) is 6.41. The van der Waals surface area contributed by atoms with Crippen molar-refractivity contribution in [3.05, 3.63) is 24.3 Å². The van der Waals surface area contributed by atoms with E-state index in [0.29, 0.717) is 18.8 Å². The minimum atomic E-state index is -0.975. The van der Waals surface area contributed by atoms with Crippen molar-refractivity contribution in [1.29, 1.82) is 0 Å². The maximum Gasteiger partial charge on any atom is 0.349 e. The summed E-state index contributed by atoms with van der Waals surface area (Å²) in [4.78, 5) is 11.8. The minimum absolute atomic E-state index is 0.377. The van der Waals surface area contributed by atoms with Gasteiger partial charge in [-0.3, -0.25) is 0 Å². The van der Waals surface area contributed by atoms with Gasteiger partial charge in [0.05, 0.1) is 13.7 Å². The molecule has 0 aliphatic heterocycles. The first kappa shape index (κ1) is 16.3. The Labute approximate surface area is 121 Å². The maximum absolute atomic E-state index is 11.8. The molecule has 0 N–H and O–H groups in total. The highest BCUT2D eigenvalue weighted by atomic mass is 16.6. The molecule has 1 aromatic rings. The molecule has 0 radical (unpaired) electrons. The number of hydrogen-bond acceptors (Lipinski definition) is 4. The summed E-state index contributed by atoms with van der Waals surface area (Å²) in [7, 11) is 1.36. The van der Waals surface area contributed by atoms with Crippen molar-refractivity contribution < 1.29 is 19.0 Å². The normalized spacial score (nSPS) is 13.4. The molecule has 0 amide bonds. The van der Waals surface area contributed by atoms with Gasteiger partial charge in [0.25, 0.3) is 0 Å². The second-order valence-corrected chi connectivity index (χ2v) is 4.85. The molecule has 4 heteroatoms. The van der Waals surface area contributed by atoms with Gasteiger partial charge in [-0.25, -0.2) is 4.79 Å². The molecule has 112 valence electrons. The molecule has 1 aromatic carbocycles. The Hall–Kier alpha value is -1.71. The standard InChI is InChI=1S/C16H24O4/c1-5-7-11-19-13-9-8-10-14(12-13)20-16(3,6-2)15(17)18-4/h8-10,12H,5-7,11H2,1-4H3/t16-/m0/s1. The Morgan fingerprint density at radius 3 is 2.55 bits per heavy atom. The molecule has 0 bridgehead atoms. The van der Waals surface area contributed by atoms with Gasteiger partial charge in [-0.15, -0.1) is 0 Å². The van der Waals surface area contributed by atoms with Gasteiger partial charge in [0.15, 0.2) is 0 Å². The smallest absolute Gasteiger partial charge is 0.349 e. The molecule has 0 heterocycles. The highest BCUT2D eigenvalue weighted by Crippen LogP contribution is 2.26. The van der Waals surface area contributed by atoms with Crippen molar-refractivity contribution in [2.45, 2.75) is 45.6 Å². The fourth-order valence-corrected chi connectivity index (χ4v) is 1.70. The van der Waals surface area contributed by atoms with Gasteiger partial charge in [0.2, 0.25) is 5.60 Å². The van der Waals surface area contributed by atoms with Crippen LogP contribution < -0.4 is 9.47 Å². The van der Waals surface area contributed by atoms with E-state index in [0.717, 1.165) is 18.6 Å². The fraction of sp³-hybridized carbons (Fsp3) is 0.562. The van der Waals surface area contributed by atoms with Crippen molar-refractivity contribution in [3.8, 4) is 11.5 Å². The lowest BCUT2D eigenvalue weighted by Crippen LogP contribution is -2.41. The monoisotopic (exact) mass is 280 g/mol. The van der Waals surface area contributed by atoms with E-state index in [-0.39, 0.29) is 5.97 Å². The van der Waals surface area contributed by atoms with Gasteiger partial charge in [-0.2, -0.15) is 0 Å². The number of carbonyl (C=O) groups is 1. The van der Waals surface area contributed by atoms with Crippen LogP contribution in [0.15, 0.2) is 24.3 Å². The number of unbranched alkanes of at least 4 members (excludes halogenated alkanes) is 1. The van der Waals surface area contributed by atoms with E-state index < -0.39 is 5.60 Å². The van der Waals surface area contributed by atoms with Crippen molar-refractivity contribution in [1.82, 2.24) is 0 Å². The predicted molar refractivity (Wildman–Crippen MR) is 78.2 cm³/mol. The zero-order valence-corrected chi connectivity index (χ0v) is 12.8. The first-order valence-corrected chi connectivity index (χ1v) is 7.06. The predicted octanol–water partition coefficient (Wildman–Crippen LogP) is 3.59. The van der Waals surface area contributed by atoms with Gasteiger partial charge in [0, 0.05) is 6.07 Å². The molecule has 0 unspecified atom stereocenters. The molecule has 0 fully saturated rings. The number of carbonyl (C=O) groups excluding carboxylic acids is 1. The Morgan fingerprint density at radius 2 is 1.95 bits per heavy atom. The third kappa shape index (κ3) is 4.44. The molecule has 0 saturated heterocycles. The first-order valence-electron chi connectivity index (χ1n) is 7.06. The third-order valence-electron chi connectivity index (χ3n) is 3.21. The Bertz CT molecular complexity index is 430. The van der Waals surface area contributed by atoms with Crippen LogP contribution in [0.5, 0.6) is 11.5 Å². The summed E-state index contributed by atoms with van der Waals surface area (Å²) in [6.07, 6.45) is 2.63. The molecular weight excluding hydrogens is 256 g/mol. The molecule has 0 aliphatic rings. The fourth-order valence-electron chi connectivity index (χ4n) is 1.70. The molecule has 1 atom stereocenters. The second-order valence-electron chi connectivity index (χ2n) is 4.85. The van der Waals surface area contributed by atoms with Crippen molar-refractivity contribution in [2.75, 3.05) is 13.7 Å². The zero-order chi connectivity index (χ0) is 15.0. The van der Waals surface area contributed by atoms with E-state index in [1.165, 1.54) is 7.11 Å². The summed E-state index contributed by atoms with van der Waals surface area (Å²) in [6, 6.07) is 7.34. The molecule has 0 spiro atoms. The highest BCUT2D eigenvalue weighted by molar-refractivity contribution is 5.79. The highest BCUT2D eigenvalue weighted by Gasteiger charge is 2.35. The van der Waals surface area contributed by atoms with Crippen molar-refractivity contribution in [2.24, 2.45) is 0 Å². The average Bonchev–Trinajstić information content (AvgIpc) is 2.47. The molecule has 0 aliphatic carbocycles. The average molecular weight is 280 g/mol. The van der Waals surface area contributed by atoms with E-state index in [2.05, 4.69) is 6.92 Å². The van der Waals surface area contributed by atoms with Gasteiger partial charge in [0.1, 0.15) is 11.5 Å². The molecular formula is C16H24O4. The van der Waals surface area contributed by atoms with Crippen LogP contribution in [0.4, 0.5) is 0 Å². The van der Waals surface area contributed by atoms with E-state index in [1.54, 1.807) is 13.0 Å². The Morgan fingerprint density at radius 1 is 1.25 bits per heavy atom. The number of methoxy groups -OCH3 is 1. The number of ether oxygens (including phenoxy) is 3. The zero-order valence-electron chi connectivity index (χ0n) is 12.8. The summed E-state index contributed by atoms with van der Waals surface area (Å²) >= 11 is 0. The van der Waals surface area contributed by atoms with E-state index in [4.69, 9.17) is 14.2 Å². The van der Waals surface area contributed by atoms with Crippen LogP contribution in [-0.4, -0.2) is 25.3 Å². The van der Waals surface area contributed by atoms with Gasteiger partial charge < -0.3 is 14.2 Å². The number of esters is 1. The summed E-state index contributed by atoms with van der Waals surface area (Å²) in [5.74, 6) is 0.977. The van der Waals surface area contributed by atoms with E-state index in [1.807, 2.05) is 25.1 Å². The van der Waals surface area contributed by atoms with Crippen LogP contribution in [0.2, 0.25) is 0 Å². The number of rotatable bonds is 8. The van der Waals surface area contributed by atoms with Gasteiger partial charge >= 0.3 is 5.97 Å². The molecule has 0 saturated carbocycles. The second kappa shape index (κ2) is 7.78. The van der Waals surface area contributed by atoms with Crippen LogP contribution in [0.1, 0.15) is 40.0 Å². The summed E-state index contributed by atoms with van der Waals surface area (Å²) < 4.78 is 16.2. The van der Waals surface area contributed by atoms with E-state index in [9.17, 15) is 4.79 Å². The lowest BCUT2D eigenvalue weighted by molar-refractivity contribution is -0.157. The summed E-state index contributed by atoms with van der Waals surface area (Å²) in [5, 5.41) is 0. The number of benzene rings is 1. The van der Waals surface area contributed by atoms with Crippen LogP contribution in [-0.2, 0) is 9.53 Å². The lowest BCUT2D eigenvalue weighted by Gasteiger charge is -2.26. The SMILES string of the molecule is CCCCOc1cccc(O[C@@](C)(CC)C(=O)OC)c1. The van der Waals surface area contributed by atoms with Crippen LogP contribution >= 0.6 is 0 Å². The topological polar surface area (TPSA) is 44.8 Å². The van der Waals surface area contributed by atoms with Crippen molar-refractivity contribution >= 4 is 5.97 Å². The molecule has 4 nitrogen and oxygen atoms in total. The van der Waals surface area contributed by atoms with Gasteiger partial charge in [-0.1, -0.05) is 26.3 Å². The molecule has 1 rings (SSSR count).